The van der Waals surface area contributed by atoms with E-state index in [1.54, 1.807) is 6.92 Å². The third-order valence-electron chi connectivity index (χ3n) is 2.05. The van der Waals surface area contributed by atoms with E-state index >= 15 is 0 Å². The number of hydrogen-bond acceptors (Lipinski definition) is 3. The molecule has 6 heteroatoms. The number of aliphatic hydroxyl groups is 1. The Kier molecular flexibility index (Phi) is 4.59. The van der Waals surface area contributed by atoms with Crippen LogP contribution in [0, 0.1) is 0 Å². The molecule has 94 valence electrons. The van der Waals surface area contributed by atoms with Gasteiger partial charge in [-0.25, -0.2) is 0 Å². The Morgan fingerprint density at radius 2 is 2.12 bits per heavy atom. The fourth-order valence-corrected chi connectivity index (χ4v) is 2.10. The molecule has 1 rings (SSSR count). The Morgan fingerprint density at radius 3 is 2.59 bits per heavy atom. The normalized spacial score (nSPS) is 13.5. The van der Waals surface area contributed by atoms with Gasteiger partial charge in [-0.1, -0.05) is 6.92 Å². The van der Waals surface area contributed by atoms with Gasteiger partial charge >= 0.3 is 6.18 Å². The summed E-state index contributed by atoms with van der Waals surface area (Å²) in [4.78, 5) is 10.9. The molecule has 0 radical (unpaired) electrons. The summed E-state index contributed by atoms with van der Waals surface area (Å²) in [6.45, 7) is 1.58. The molecule has 0 bridgehead atoms. The Balaban J connectivity index is 3.09. The number of carbonyl (C=O) groups excluding carboxylic acids is 1. The minimum Gasteiger partial charge on any atom is -0.395 e. The summed E-state index contributed by atoms with van der Waals surface area (Å²) < 4.78 is 37.9. The molecule has 1 aromatic carbocycles. The first-order valence-corrected chi connectivity index (χ1v) is 5.70. The van der Waals surface area contributed by atoms with Gasteiger partial charge in [0.15, 0.2) is 6.29 Å². The van der Waals surface area contributed by atoms with Gasteiger partial charge in [-0.3, -0.25) is 4.79 Å². The second-order valence-corrected chi connectivity index (χ2v) is 4.99. The lowest BCUT2D eigenvalue weighted by Gasteiger charge is -2.13. The van der Waals surface area contributed by atoms with Crippen molar-refractivity contribution in [3.8, 4) is 0 Å². The fourth-order valence-electron chi connectivity index (χ4n) is 1.23. The van der Waals surface area contributed by atoms with Gasteiger partial charge < -0.3 is 5.11 Å². The molecule has 1 aromatic rings. The highest BCUT2D eigenvalue weighted by Gasteiger charge is 2.33. The highest BCUT2D eigenvalue weighted by Crippen LogP contribution is 2.35. The highest BCUT2D eigenvalue weighted by atomic mass is 32.2. The fraction of sp³-hybridized carbons (Fsp3) is 0.364. The zero-order chi connectivity index (χ0) is 13.1. The second kappa shape index (κ2) is 5.55. The SMILES string of the molecule is CC(CO)Sc1ccc(C=O)c(C(F)(F)F)c1. The van der Waals surface area contributed by atoms with E-state index in [9.17, 15) is 18.0 Å². The Bertz CT molecular complexity index is 404. The third kappa shape index (κ3) is 3.74. The molecule has 17 heavy (non-hydrogen) atoms. The number of carbonyl (C=O) groups is 1. The Hall–Kier alpha value is -1.01. The monoisotopic (exact) mass is 264 g/mol. The van der Waals surface area contributed by atoms with Crippen molar-refractivity contribution in [2.24, 2.45) is 0 Å². The maximum absolute atomic E-state index is 12.6. The minimum atomic E-state index is -4.55. The molecule has 0 aromatic heterocycles. The molecule has 0 heterocycles. The van der Waals surface area contributed by atoms with Gasteiger partial charge in [-0.15, -0.1) is 11.8 Å². The molecular weight excluding hydrogens is 253 g/mol. The van der Waals surface area contributed by atoms with E-state index in [1.807, 2.05) is 0 Å². The zero-order valence-electron chi connectivity index (χ0n) is 8.99. The van der Waals surface area contributed by atoms with Crippen molar-refractivity contribution >= 4 is 18.0 Å². The van der Waals surface area contributed by atoms with Crippen molar-refractivity contribution < 1.29 is 23.1 Å². The van der Waals surface area contributed by atoms with Crippen LogP contribution in [-0.2, 0) is 6.18 Å². The number of alkyl halides is 3. The molecule has 0 aliphatic heterocycles. The lowest BCUT2D eigenvalue weighted by Crippen LogP contribution is -2.09. The number of rotatable bonds is 4. The molecule has 0 fully saturated rings. The topological polar surface area (TPSA) is 37.3 Å². The predicted molar refractivity (Wildman–Crippen MR) is 59.2 cm³/mol. The van der Waals surface area contributed by atoms with Crippen molar-refractivity contribution in [2.45, 2.75) is 23.2 Å². The first kappa shape index (κ1) is 14.1. The molecule has 0 amide bonds. The van der Waals surface area contributed by atoms with Crippen molar-refractivity contribution in [1.29, 1.82) is 0 Å². The first-order chi connectivity index (χ1) is 7.88. The van der Waals surface area contributed by atoms with Crippen LogP contribution in [0.1, 0.15) is 22.8 Å². The predicted octanol–water partition coefficient (Wildman–Crippen LogP) is 2.99. The van der Waals surface area contributed by atoms with Gasteiger partial charge in [0.25, 0.3) is 0 Å². The van der Waals surface area contributed by atoms with Gasteiger partial charge in [0.1, 0.15) is 0 Å². The largest absolute Gasteiger partial charge is 0.417 e. The molecule has 1 atom stereocenters. The highest BCUT2D eigenvalue weighted by molar-refractivity contribution is 8.00. The minimum absolute atomic E-state index is 0.124. The van der Waals surface area contributed by atoms with Crippen molar-refractivity contribution in [2.75, 3.05) is 6.61 Å². The quantitative estimate of drug-likeness (QED) is 0.671. The lowest BCUT2D eigenvalue weighted by molar-refractivity contribution is -0.138. The summed E-state index contributed by atoms with van der Waals surface area (Å²) in [6.07, 6.45) is -4.36. The molecule has 0 spiro atoms. The van der Waals surface area contributed by atoms with Crippen LogP contribution in [0.4, 0.5) is 13.2 Å². The summed E-state index contributed by atoms with van der Waals surface area (Å²) in [5.74, 6) is 0. The maximum Gasteiger partial charge on any atom is 0.417 e. The number of halogens is 3. The van der Waals surface area contributed by atoms with E-state index in [0.29, 0.717) is 4.90 Å². The zero-order valence-corrected chi connectivity index (χ0v) is 9.81. The molecule has 0 saturated carbocycles. The Labute approximate surface area is 101 Å². The number of aliphatic hydroxyl groups excluding tert-OH is 1. The Morgan fingerprint density at radius 1 is 1.47 bits per heavy atom. The summed E-state index contributed by atoms with van der Waals surface area (Å²) in [5, 5.41) is 8.63. The number of benzene rings is 1. The molecule has 0 aliphatic rings. The summed E-state index contributed by atoms with van der Waals surface area (Å²) in [7, 11) is 0. The van der Waals surface area contributed by atoms with Gasteiger partial charge in [0.2, 0.25) is 0 Å². The second-order valence-electron chi connectivity index (χ2n) is 3.48. The summed E-state index contributed by atoms with van der Waals surface area (Å²) in [6, 6.07) is 3.51. The van der Waals surface area contributed by atoms with E-state index in [2.05, 4.69) is 0 Å². The van der Waals surface area contributed by atoms with Gasteiger partial charge in [-0.2, -0.15) is 13.2 Å². The number of thioether (sulfide) groups is 1. The van der Waals surface area contributed by atoms with Crippen LogP contribution >= 0.6 is 11.8 Å². The molecular formula is C11H11F3O2S. The first-order valence-electron chi connectivity index (χ1n) is 4.82. The van der Waals surface area contributed by atoms with E-state index in [4.69, 9.17) is 5.11 Å². The van der Waals surface area contributed by atoms with Crippen LogP contribution in [0.15, 0.2) is 23.1 Å². The maximum atomic E-state index is 12.6. The van der Waals surface area contributed by atoms with Gasteiger partial charge in [0, 0.05) is 15.7 Å². The van der Waals surface area contributed by atoms with Crippen molar-refractivity contribution in [3.05, 3.63) is 29.3 Å². The van der Waals surface area contributed by atoms with E-state index in [0.717, 1.165) is 23.9 Å². The summed E-state index contributed by atoms with van der Waals surface area (Å²) >= 11 is 1.13. The molecule has 2 nitrogen and oxygen atoms in total. The van der Waals surface area contributed by atoms with Crippen LogP contribution in [0.2, 0.25) is 0 Å². The van der Waals surface area contributed by atoms with Crippen LogP contribution in [-0.4, -0.2) is 23.2 Å². The standard InChI is InChI=1S/C11H11F3O2S/c1-7(5-15)17-9-3-2-8(6-16)10(4-9)11(12,13)14/h2-4,6-7,15H,5H2,1H3. The molecule has 0 aliphatic carbocycles. The lowest BCUT2D eigenvalue weighted by atomic mass is 10.1. The number of hydrogen-bond donors (Lipinski definition) is 1. The third-order valence-corrected chi connectivity index (χ3v) is 3.13. The van der Waals surface area contributed by atoms with Crippen molar-refractivity contribution in [3.63, 3.8) is 0 Å². The average Bonchev–Trinajstić information content (AvgIpc) is 2.27. The molecule has 0 saturated heterocycles. The van der Waals surface area contributed by atoms with Crippen LogP contribution in [0.3, 0.4) is 0 Å². The van der Waals surface area contributed by atoms with E-state index in [-0.39, 0.29) is 23.7 Å². The van der Waals surface area contributed by atoms with E-state index < -0.39 is 11.7 Å². The molecule has 1 unspecified atom stereocenters. The van der Waals surface area contributed by atoms with Crippen LogP contribution < -0.4 is 0 Å². The van der Waals surface area contributed by atoms with E-state index in [1.165, 1.54) is 6.07 Å². The average molecular weight is 264 g/mol. The summed E-state index contributed by atoms with van der Waals surface area (Å²) in [5.41, 5.74) is -1.32. The number of aldehydes is 1. The molecule has 1 N–H and O–H groups in total. The van der Waals surface area contributed by atoms with Crippen molar-refractivity contribution in [1.82, 2.24) is 0 Å². The van der Waals surface area contributed by atoms with Crippen LogP contribution in [0.5, 0.6) is 0 Å². The smallest absolute Gasteiger partial charge is 0.395 e. The van der Waals surface area contributed by atoms with Gasteiger partial charge in [-0.05, 0) is 18.2 Å². The van der Waals surface area contributed by atoms with Crippen LogP contribution in [0.25, 0.3) is 0 Å². The van der Waals surface area contributed by atoms with Gasteiger partial charge in [0.05, 0.1) is 12.2 Å².